The number of methoxy groups -OCH3 is 1. The molecule has 0 aromatic heterocycles. The van der Waals surface area contributed by atoms with E-state index < -0.39 is 10.0 Å². The van der Waals surface area contributed by atoms with Gasteiger partial charge in [-0.3, -0.25) is 4.72 Å². The van der Waals surface area contributed by atoms with E-state index in [1.54, 1.807) is 6.07 Å². The lowest BCUT2D eigenvalue weighted by Gasteiger charge is -2.09. The molecule has 0 aliphatic rings. The summed E-state index contributed by atoms with van der Waals surface area (Å²) < 4.78 is 30.1. The molecular formula is C9H13ClN2O3S. The van der Waals surface area contributed by atoms with Crippen molar-refractivity contribution in [3.8, 4) is 0 Å². The van der Waals surface area contributed by atoms with Crippen LogP contribution in [0.15, 0.2) is 18.2 Å². The Hall–Kier alpha value is -0.980. The van der Waals surface area contributed by atoms with Crippen LogP contribution in [-0.2, 0) is 14.8 Å². The number of ether oxygens (including phenoxy) is 1. The van der Waals surface area contributed by atoms with Gasteiger partial charge in [0.25, 0.3) is 0 Å². The van der Waals surface area contributed by atoms with Crippen molar-refractivity contribution in [2.24, 2.45) is 0 Å². The van der Waals surface area contributed by atoms with E-state index in [4.69, 9.17) is 22.1 Å². The number of nitrogens with one attached hydrogen (secondary N) is 1. The summed E-state index contributed by atoms with van der Waals surface area (Å²) in [5, 5.41) is 0.265. The average Bonchev–Trinajstić information content (AvgIpc) is 2.19. The van der Waals surface area contributed by atoms with Gasteiger partial charge in [0.2, 0.25) is 10.0 Å². The van der Waals surface area contributed by atoms with E-state index in [0.29, 0.717) is 11.4 Å². The van der Waals surface area contributed by atoms with Gasteiger partial charge in [0.15, 0.2) is 0 Å². The van der Waals surface area contributed by atoms with Gasteiger partial charge < -0.3 is 10.5 Å². The first-order valence-electron chi connectivity index (χ1n) is 4.49. The number of halogens is 1. The van der Waals surface area contributed by atoms with Gasteiger partial charge >= 0.3 is 0 Å². The molecule has 1 aromatic rings. The molecule has 0 aliphatic heterocycles. The molecule has 1 rings (SSSR count). The van der Waals surface area contributed by atoms with Gasteiger partial charge in [-0.05, 0) is 18.2 Å². The van der Waals surface area contributed by atoms with E-state index in [-0.39, 0.29) is 17.4 Å². The standard InChI is InChI=1S/C9H13ClN2O3S/c1-15-4-5-16(13,14)12-9-3-2-7(11)6-8(9)10/h2-3,6,12H,4-5,11H2,1H3. The summed E-state index contributed by atoms with van der Waals surface area (Å²) in [6.07, 6.45) is 0. The minimum absolute atomic E-state index is 0.121. The van der Waals surface area contributed by atoms with Crippen LogP contribution >= 0.6 is 11.6 Å². The SMILES string of the molecule is COCCS(=O)(=O)Nc1ccc(N)cc1Cl. The van der Waals surface area contributed by atoms with Gasteiger partial charge in [0, 0.05) is 12.8 Å². The molecule has 16 heavy (non-hydrogen) atoms. The molecule has 3 N–H and O–H groups in total. The number of rotatable bonds is 5. The van der Waals surface area contributed by atoms with Crippen molar-refractivity contribution < 1.29 is 13.2 Å². The molecule has 1 aromatic carbocycles. The fourth-order valence-corrected chi connectivity index (χ4v) is 2.32. The molecule has 0 fully saturated rings. The number of nitrogens with two attached hydrogens (primary N) is 1. The molecule has 0 radical (unpaired) electrons. The maximum Gasteiger partial charge on any atom is 0.235 e. The minimum atomic E-state index is -3.43. The van der Waals surface area contributed by atoms with Crippen molar-refractivity contribution >= 4 is 33.0 Å². The normalized spacial score (nSPS) is 11.4. The third-order valence-corrected chi connectivity index (χ3v) is 3.36. The molecule has 90 valence electrons. The van der Waals surface area contributed by atoms with Crippen molar-refractivity contribution in [3.05, 3.63) is 23.2 Å². The zero-order valence-corrected chi connectivity index (χ0v) is 10.3. The molecule has 0 atom stereocenters. The Bertz CT molecular complexity index is 462. The van der Waals surface area contributed by atoms with Gasteiger partial charge in [-0.15, -0.1) is 0 Å². The molecule has 0 bridgehead atoms. The molecule has 0 saturated carbocycles. The third kappa shape index (κ3) is 3.88. The summed E-state index contributed by atoms with van der Waals surface area (Å²) in [5.74, 6) is -0.121. The van der Waals surface area contributed by atoms with Crippen LogP contribution in [-0.4, -0.2) is 27.9 Å². The lowest BCUT2D eigenvalue weighted by atomic mass is 10.3. The van der Waals surface area contributed by atoms with E-state index in [0.717, 1.165) is 0 Å². The van der Waals surface area contributed by atoms with E-state index in [2.05, 4.69) is 4.72 Å². The molecular weight excluding hydrogens is 252 g/mol. The number of benzene rings is 1. The van der Waals surface area contributed by atoms with Gasteiger partial charge in [0.05, 0.1) is 23.1 Å². The van der Waals surface area contributed by atoms with Crippen LogP contribution in [0.25, 0.3) is 0 Å². The van der Waals surface area contributed by atoms with Crippen molar-refractivity contribution in [1.82, 2.24) is 0 Å². The van der Waals surface area contributed by atoms with Crippen LogP contribution in [0.5, 0.6) is 0 Å². The van der Waals surface area contributed by atoms with Crippen LogP contribution < -0.4 is 10.5 Å². The van der Waals surface area contributed by atoms with Crippen molar-refractivity contribution in [2.45, 2.75) is 0 Å². The lowest BCUT2D eigenvalue weighted by Crippen LogP contribution is -2.19. The van der Waals surface area contributed by atoms with E-state index in [9.17, 15) is 8.42 Å². The van der Waals surface area contributed by atoms with Crippen LogP contribution in [0, 0.1) is 0 Å². The quantitative estimate of drug-likeness (QED) is 0.786. The summed E-state index contributed by atoms with van der Waals surface area (Å²) in [7, 11) is -2.00. The summed E-state index contributed by atoms with van der Waals surface area (Å²) in [6.45, 7) is 0.127. The van der Waals surface area contributed by atoms with Gasteiger partial charge in [-0.2, -0.15) is 0 Å². The predicted molar refractivity (Wildman–Crippen MR) is 65.1 cm³/mol. The molecule has 5 nitrogen and oxygen atoms in total. The molecule has 0 saturated heterocycles. The fourth-order valence-electron chi connectivity index (χ4n) is 1.03. The van der Waals surface area contributed by atoms with Crippen LogP contribution in [0.3, 0.4) is 0 Å². The zero-order valence-electron chi connectivity index (χ0n) is 8.73. The Balaban J connectivity index is 2.80. The zero-order chi connectivity index (χ0) is 12.2. The molecule has 0 spiro atoms. The van der Waals surface area contributed by atoms with Crippen molar-refractivity contribution in [1.29, 1.82) is 0 Å². The molecule has 7 heteroatoms. The highest BCUT2D eigenvalue weighted by molar-refractivity contribution is 7.92. The Labute approximate surface area is 99.6 Å². The largest absolute Gasteiger partial charge is 0.399 e. The van der Waals surface area contributed by atoms with Gasteiger partial charge in [-0.25, -0.2) is 8.42 Å². The highest BCUT2D eigenvalue weighted by Crippen LogP contribution is 2.24. The summed E-state index contributed by atoms with van der Waals surface area (Å²) in [6, 6.07) is 4.57. The highest BCUT2D eigenvalue weighted by atomic mass is 35.5. The third-order valence-electron chi connectivity index (χ3n) is 1.81. The van der Waals surface area contributed by atoms with Crippen LogP contribution in [0.4, 0.5) is 11.4 Å². The fraction of sp³-hybridized carbons (Fsp3) is 0.333. The first-order chi connectivity index (χ1) is 7.44. The number of nitrogen functional groups attached to an aromatic ring is 1. The lowest BCUT2D eigenvalue weighted by molar-refractivity contribution is 0.217. The monoisotopic (exact) mass is 264 g/mol. The minimum Gasteiger partial charge on any atom is -0.399 e. The Morgan fingerprint density at radius 3 is 2.75 bits per heavy atom. The first-order valence-corrected chi connectivity index (χ1v) is 6.52. The van der Waals surface area contributed by atoms with Crippen molar-refractivity contribution in [2.75, 3.05) is 29.9 Å². The topological polar surface area (TPSA) is 81.4 Å². The van der Waals surface area contributed by atoms with Gasteiger partial charge in [-0.1, -0.05) is 11.6 Å². The maximum absolute atomic E-state index is 11.5. The smallest absolute Gasteiger partial charge is 0.235 e. The van der Waals surface area contributed by atoms with Crippen LogP contribution in [0.2, 0.25) is 5.02 Å². The Morgan fingerprint density at radius 2 is 2.19 bits per heavy atom. The Kier molecular flexibility index (Phi) is 4.40. The van der Waals surface area contributed by atoms with E-state index in [1.807, 2.05) is 0 Å². The van der Waals surface area contributed by atoms with Crippen molar-refractivity contribution in [3.63, 3.8) is 0 Å². The molecule has 0 heterocycles. The summed E-state index contributed by atoms with van der Waals surface area (Å²) >= 11 is 5.83. The molecule has 0 unspecified atom stereocenters. The second-order valence-corrected chi connectivity index (χ2v) is 5.40. The molecule has 0 amide bonds. The number of anilines is 2. The second-order valence-electron chi connectivity index (χ2n) is 3.15. The predicted octanol–water partition coefficient (Wildman–Crippen LogP) is 1.31. The number of sulfonamides is 1. The first kappa shape index (κ1) is 13.1. The number of hydrogen-bond donors (Lipinski definition) is 2. The van der Waals surface area contributed by atoms with E-state index >= 15 is 0 Å². The molecule has 0 aliphatic carbocycles. The Morgan fingerprint density at radius 1 is 1.50 bits per heavy atom. The van der Waals surface area contributed by atoms with E-state index in [1.165, 1.54) is 19.2 Å². The average molecular weight is 265 g/mol. The summed E-state index contributed by atoms with van der Waals surface area (Å²) in [5.41, 5.74) is 6.28. The highest BCUT2D eigenvalue weighted by Gasteiger charge is 2.12. The number of hydrogen-bond acceptors (Lipinski definition) is 4. The summed E-state index contributed by atoms with van der Waals surface area (Å²) in [4.78, 5) is 0. The van der Waals surface area contributed by atoms with Crippen LogP contribution in [0.1, 0.15) is 0 Å². The van der Waals surface area contributed by atoms with Gasteiger partial charge in [0.1, 0.15) is 0 Å². The second kappa shape index (κ2) is 5.38. The maximum atomic E-state index is 11.5.